The Labute approximate surface area is 158 Å². The van der Waals surface area contributed by atoms with E-state index in [1.807, 2.05) is 35.6 Å². The van der Waals surface area contributed by atoms with Crippen LogP contribution in [0.4, 0.5) is 5.69 Å². The predicted octanol–water partition coefficient (Wildman–Crippen LogP) is 3.61. The fourth-order valence-corrected chi connectivity index (χ4v) is 5.40. The molecule has 0 saturated heterocycles. The monoisotopic (exact) mass is 615 g/mol. The lowest BCUT2D eigenvalue weighted by Crippen LogP contribution is -2.16. The lowest BCUT2D eigenvalue weighted by Gasteiger charge is -2.14. The van der Waals surface area contributed by atoms with Crippen LogP contribution in [0.5, 0.6) is 0 Å². The lowest BCUT2D eigenvalue weighted by molar-refractivity contribution is -0.114. The number of anilines is 1. The van der Waals surface area contributed by atoms with Crippen LogP contribution in [0.1, 0.15) is 24.2 Å². The summed E-state index contributed by atoms with van der Waals surface area (Å²) in [6, 6.07) is 1.83. The molecule has 0 aliphatic heterocycles. The summed E-state index contributed by atoms with van der Waals surface area (Å²) in [4.78, 5) is 23.3. The van der Waals surface area contributed by atoms with Crippen LogP contribution in [-0.2, 0) is 14.3 Å². The molecule has 1 aromatic carbocycles. The molecule has 20 heavy (non-hydrogen) atoms. The van der Waals surface area contributed by atoms with Crippen LogP contribution < -0.4 is 5.32 Å². The maximum Gasteiger partial charge on any atom is 0.342 e. The van der Waals surface area contributed by atoms with E-state index >= 15 is 0 Å². The zero-order valence-electron chi connectivity index (χ0n) is 10.8. The van der Waals surface area contributed by atoms with Gasteiger partial charge in [0.25, 0.3) is 0 Å². The smallest absolute Gasteiger partial charge is 0.342 e. The van der Waals surface area contributed by atoms with Crippen LogP contribution >= 0.6 is 67.8 Å². The summed E-state index contributed by atoms with van der Waals surface area (Å²) in [5.41, 5.74) is 1.07. The average Bonchev–Trinajstić information content (AvgIpc) is 2.34. The van der Waals surface area contributed by atoms with E-state index in [1.54, 1.807) is 0 Å². The highest BCUT2D eigenvalue weighted by molar-refractivity contribution is 14.1. The molecule has 1 aromatic rings. The van der Waals surface area contributed by atoms with Crippen LogP contribution in [0.3, 0.4) is 0 Å². The molecule has 0 saturated carbocycles. The van der Waals surface area contributed by atoms with Crippen molar-refractivity contribution in [2.75, 3.05) is 18.7 Å². The van der Waals surface area contributed by atoms with Gasteiger partial charge in [0.15, 0.2) is 6.79 Å². The number of hydrogen-bond donors (Lipinski definition) is 1. The maximum absolute atomic E-state index is 12.1. The maximum atomic E-state index is 12.1. The number of rotatable bonds is 5. The van der Waals surface area contributed by atoms with Crippen molar-refractivity contribution in [3.05, 3.63) is 22.3 Å². The van der Waals surface area contributed by atoms with Crippen LogP contribution in [-0.4, -0.2) is 25.3 Å². The van der Waals surface area contributed by atoms with Crippen LogP contribution in [0.2, 0.25) is 0 Å². The van der Waals surface area contributed by atoms with Crippen molar-refractivity contribution in [3.8, 4) is 0 Å². The topological polar surface area (TPSA) is 64.6 Å². The second kappa shape index (κ2) is 8.68. The Morgan fingerprint density at radius 1 is 1.25 bits per heavy atom. The van der Waals surface area contributed by atoms with E-state index in [0.717, 1.165) is 7.14 Å². The number of halogens is 3. The van der Waals surface area contributed by atoms with E-state index in [1.165, 1.54) is 6.92 Å². The van der Waals surface area contributed by atoms with Gasteiger partial charge in [0.05, 0.1) is 14.8 Å². The zero-order valence-corrected chi connectivity index (χ0v) is 17.2. The van der Waals surface area contributed by atoms with Crippen molar-refractivity contribution < 1.29 is 19.1 Å². The highest BCUT2D eigenvalue weighted by atomic mass is 127. The third-order valence-corrected chi connectivity index (χ3v) is 4.93. The third kappa shape index (κ3) is 4.94. The Kier molecular flexibility index (Phi) is 7.97. The molecular weight excluding hydrogens is 603 g/mol. The molecule has 0 fully saturated rings. The van der Waals surface area contributed by atoms with Gasteiger partial charge >= 0.3 is 5.97 Å². The number of carbonyl (C=O) groups is 2. The number of carbonyl (C=O) groups excluding carboxylic acids is 2. The number of ether oxygens (including phenoxy) is 2. The highest BCUT2D eigenvalue weighted by Crippen LogP contribution is 2.32. The normalized spacial score (nSPS) is 10.2. The quantitative estimate of drug-likeness (QED) is 0.238. The van der Waals surface area contributed by atoms with Gasteiger partial charge in [0.1, 0.15) is 0 Å². The van der Waals surface area contributed by atoms with Crippen LogP contribution in [0.25, 0.3) is 0 Å². The minimum Gasteiger partial charge on any atom is -0.435 e. The molecule has 110 valence electrons. The van der Waals surface area contributed by atoms with Gasteiger partial charge in [-0.3, -0.25) is 4.79 Å². The third-order valence-electron chi connectivity index (χ3n) is 2.15. The minimum absolute atomic E-state index is 0.0804. The molecule has 1 rings (SSSR count). The first-order chi connectivity index (χ1) is 9.38. The standard InChI is InChI=1S/C12H12I3NO4/c1-3-19-5-20-12(18)9-7(13)4-8(14)11(10(9)15)16-6(2)17/h4H,3,5H2,1-2H3,(H,16,17). The van der Waals surface area contributed by atoms with Crippen LogP contribution in [0.15, 0.2) is 6.07 Å². The summed E-state index contributed by atoms with van der Waals surface area (Å²) in [5.74, 6) is -0.647. The van der Waals surface area contributed by atoms with E-state index in [-0.39, 0.29) is 12.7 Å². The number of benzene rings is 1. The van der Waals surface area contributed by atoms with Crippen molar-refractivity contribution in [2.45, 2.75) is 13.8 Å². The van der Waals surface area contributed by atoms with Crippen molar-refractivity contribution >= 4 is 85.3 Å². The average molecular weight is 615 g/mol. The molecule has 1 amide bonds. The molecule has 0 heterocycles. The molecule has 0 aromatic heterocycles. The molecule has 0 aliphatic carbocycles. The van der Waals surface area contributed by atoms with E-state index in [2.05, 4.69) is 50.5 Å². The first-order valence-corrected chi connectivity index (χ1v) is 8.82. The molecule has 0 radical (unpaired) electrons. The predicted molar refractivity (Wildman–Crippen MR) is 101 cm³/mol. The van der Waals surface area contributed by atoms with Crippen molar-refractivity contribution in [3.63, 3.8) is 0 Å². The molecule has 0 atom stereocenters. The minimum atomic E-state index is -0.463. The summed E-state index contributed by atoms with van der Waals surface area (Å²) >= 11 is 6.23. The summed E-state index contributed by atoms with van der Waals surface area (Å²) < 4.78 is 12.4. The summed E-state index contributed by atoms with van der Waals surface area (Å²) in [6.45, 7) is 3.65. The Morgan fingerprint density at radius 2 is 1.90 bits per heavy atom. The van der Waals surface area contributed by atoms with Gasteiger partial charge in [-0.2, -0.15) is 0 Å². The fraction of sp³-hybridized carbons (Fsp3) is 0.333. The largest absolute Gasteiger partial charge is 0.435 e. The Bertz CT molecular complexity index is 534. The molecule has 0 aliphatic rings. The van der Waals surface area contributed by atoms with Gasteiger partial charge in [0, 0.05) is 20.7 Å². The van der Waals surface area contributed by atoms with Gasteiger partial charge in [-0.1, -0.05) is 0 Å². The van der Waals surface area contributed by atoms with Gasteiger partial charge in [-0.15, -0.1) is 0 Å². The number of esters is 1. The molecule has 1 N–H and O–H groups in total. The Hall–Kier alpha value is 0.310. The van der Waals surface area contributed by atoms with Gasteiger partial charge < -0.3 is 14.8 Å². The van der Waals surface area contributed by atoms with E-state index < -0.39 is 5.97 Å². The number of amides is 1. The summed E-state index contributed by atoms with van der Waals surface area (Å²) in [6.07, 6.45) is 0. The second-order valence-electron chi connectivity index (χ2n) is 3.63. The molecule has 0 bridgehead atoms. The molecule has 0 spiro atoms. The first kappa shape index (κ1) is 18.4. The fourth-order valence-electron chi connectivity index (χ4n) is 1.32. The molecule has 8 heteroatoms. The highest BCUT2D eigenvalue weighted by Gasteiger charge is 2.21. The van der Waals surface area contributed by atoms with E-state index in [9.17, 15) is 9.59 Å². The summed E-state index contributed by atoms with van der Waals surface area (Å²) in [7, 11) is 0. The molecular formula is C12H12I3NO4. The van der Waals surface area contributed by atoms with Gasteiger partial charge in [-0.05, 0) is 80.8 Å². The van der Waals surface area contributed by atoms with Crippen LogP contribution in [0, 0.1) is 10.7 Å². The summed E-state index contributed by atoms with van der Waals surface area (Å²) in [5, 5.41) is 2.73. The SMILES string of the molecule is CCOCOC(=O)c1c(I)cc(I)c(NC(C)=O)c1I. The van der Waals surface area contributed by atoms with E-state index in [4.69, 9.17) is 9.47 Å². The van der Waals surface area contributed by atoms with Crippen molar-refractivity contribution in [2.24, 2.45) is 0 Å². The second-order valence-corrected chi connectivity index (χ2v) is 7.03. The Morgan fingerprint density at radius 3 is 2.45 bits per heavy atom. The lowest BCUT2D eigenvalue weighted by atomic mass is 10.2. The number of nitrogens with one attached hydrogen (secondary N) is 1. The molecule has 0 unspecified atom stereocenters. The van der Waals surface area contributed by atoms with Gasteiger partial charge in [0.2, 0.25) is 5.91 Å². The van der Waals surface area contributed by atoms with Crippen molar-refractivity contribution in [1.82, 2.24) is 0 Å². The Balaban J connectivity index is 3.12. The van der Waals surface area contributed by atoms with Crippen molar-refractivity contribution in [1.29, 1.82) is 0 Å². The van der Waals surface area contributed by atoms with Gasteiger partial charge in [-0.25, -0.2) is 4.79 Å². The van der Waals surface area contributed by atoms with E-state index in [0.29, 0.717) is 21.4 Å². The molecule has 5 nitrogen and oxygen atoms in total. The first-order valence-electron chi connectivity index (χ1n) is 5.58. The zero-order chi connectivity index (χ0) is 15.3. The number of hydrogen-bond acceptors (Lipinski definition) is 4.